The van der Waals surface area contributed by atoms with Crippen molar-refractivity contribution in [2.24, 2.45) is 11.3 Å². The van der Waals surface area contributed by atoms with E-state index < -0.39 is 5.41 Å². The molecule has 0 saturated carbocycles. The van der Waals surface area contributed by atoms with Gasteiger partial charge in [0.1, 0.15) is 0 Å². The van der Waals surface area contributed by atoms with Crippen LogP contribution >= 0.6 is 22.9 Å². The van der Waals surface area contributed by atoms with Crippen LogP contribution in [0.15, 0.2) is 47.8 Å². The Kier molecular flexibility index (Phi) is 9.37. The van der Waals surface area contributed by atoms with Crippen LogP contribution in [0.5, 0.6) is 0 Å². The van der Waals surface area contributed by atoms with Crippen LogP contribution in [0.25, 0.3) is 0 Å². The van der Waals surface area contributed by atoms with Gasteiger partial charge in [0.05, 0.1) is 18.5 Å². The highest BCUT2D eigenvalue weighted by molar-refractivity contribution is 7.09. The number of halogens is 1. The Morgan fingerprint density at radius 3 is 2.33 bits per heavy atom. The Morgan fingerprint density at radius 2 is 1.77 bits per heavy atom. The van der Waals surface area contributed by atoms with Gasteiger partial charge in [-0.15, -0.1) is 22.9 Å². The topological polar surface area (TPSA) is 40.6 Å². The Hall–Kier alpha value is -1.85. The van der Waals surface area contributed by atoms with Gasteiger partial charge in [-0.05, 0) is 36.8 Å². The Labute approximate surface area is 189 Å². The van der Waals surface area contributed by atoms with Gasteiger partial charge in [-0.2, -0.15) is 0 Å². The summed E-state index contributed by atoms with van der Waals surface area (Å²) in [5.41, 5.74) is 0.371. The Bertz CT molecular complexity index is 793. The van der Waals surface area contributed by atoms with Crippen LogP contribution in [0.1, 0.15) is 44.6 Å². The summed E-state index contributed by atoms with van der Waals surface area (Å²) in [6, 6.07) is 14.0. The van der Waals surface area contributed by atoms with Crippen molar-refractivity contribution in [1.29, 1.82) is 0 Å². The standard InChI is InChI=1S/C24H33ClN2O2S/c1-5-19(2)14-27(23(29)24(3,4)18-25)17-22(28)26(16-21-12-9-13-30-21)15-20-10-7-6-8-11-20/h6-13,19H,5,14-18H2,1-4H3. The lowest BCUT2D eigenvalue weighted by molar-refractivity contribution is -0.146. The maximum absolute atomic E-state index is 13.4. The molecule has 0 fully saturated rings. The molecule has 1 atom stereocenters. The summed E-state index contributed by atoms with van der Waals surface area (Å²) < 4.78 is 0. The lowest BCUT2D eigenvalue weighted by atomic mass is 9.93. The maximum Gasteiger partial charge on any atom is 0.242 e. The molecule has 30 heavy (non-hydrogen) atoms. The highest BCUT2D eigenvalue weighted by Gasteiger charge is 2.33. The smallest absolute Gasteiger partial charge is 0.242 e. The Morgan fingerprint density at radius 1 is 1.07 bits per heavy atom. The summed E-state index contributed by atoms with van der Waals surface area (Å²) in [6.45, 7) is 9.55. The van der Waals surface area contributed by atoms with E-state index in [1.165, 1.54) is 0 Å². The van der Waals surface area contributed by atoms with Crippen molar-refractivity contribution in [3.8, 4) is 0 Å². The monoisotopic (exact) mass is 448 g/mol. The van der Waals surface area contributed by atoms with Gasteiger partial charge in [-0.1, -0.05) is 56.7 Å². The van der Waals surface area contributed by atoms with Crippen molar-refractivity contribution in [3.63, 3.8) is 0 Å². The molecule has 6 heteroatoms. The number of rotatable bonds is 11. The molecule has 4 nitrogen and oxygen atoms in total. The van der Waals surface area contributed by atoms with E-state index in [1.54, 1.807) is 16.2 Å². The molecule has 0 radical (unpaired) electrons. The summed E-state index contributed by atoms with van der Waals surface area (Å²) in [5.74, 6) is 0.420. The van der Waals surface area contributed by atoms with E-state index in [-0.39, 0.29) is 24.2 Å². The van der Waals surface area contributed by atoms with Crippen LogP contribution in [0, 0.1) is 11.3 Å². The summed E-state index contributed by atoms with van der Waals surface area (Å²) in [6.07, 6.45) is 0.947. The van der Waals surface area contributed by atoms with Crippen molar-refractivity contribution < 1.29 is 9.59 Å². The zero-order chi connectivity index (χ0) is 22.1. The number of hydrogen-bond donors (Lipinski definition) is 0. The van der Waals surface area contributed by atoms with Crippen molar-refractivity contribution in [2.75, 3.05) is 19.0 Å². The van der Waals surface area contributed by atoms with E-state index in [1.807, 2.05) is 66.6 Å². The van der Waals surface area contributed by atoms with Gasteiger partial charge in [0, 0.05) is 23.8 Å². The van der Waals surface area contributed by atoms with Gasteiger partial charge in [0.2, 0.25) is 11.8 Å². The van der Waals surface area contributed by atoms with Crippen LogP contribution < -0.4 is 0 Å². The normalized spacial score (nSPS) is 12.4. The first-order valence-corrected chi connectivity index (χ1v) is 11.9. The molecule has 0 aliphatic carbocycles. The Balaban J connectivity index is 2.22. The summed E-state index contributed by atoms with van der Waals surface area (Å²) in [7, 11) is 0. The van der Waals surface area contributed by atoms with E-state index in [2.05, 4.69) is 13.8 Å². The van der Waals surface area contributed by atoms with Crippen molar-refractivity contribution >= 4 is 34.8 Å². The minimum absolute atomic E-state index is 0.0470. The minimum Gasteiger partial charge on any atom is -0.333 e. The second-order valence-corrected chi connectivity index (χ2v) is 9.83. The molecule has 0 saturated heterocycles. The number of alkyl halides is 1. The molecule has 164 valence electrons. The SMILES string of the molecule is CCC(C)CN(CC(=O)N(Cc1ccccc1)Cc1cccs1)C(=O)C(C)(C)CCl. The number of carbonyl (C=O) groups excluding carboxylic acids is 2. The molecule has 1 unspecified atom stereocenters. The summed E-state index contributed by atoms with van der Waals surface area (Å²) in [5, 5.41) is 2.02. The number of thiophene rings is 1. The van der Waals surface area contributed by atoms with E-state index >= 15 is 0 Å². The lowest BCUT2D eigenvalue weighted by Crippen LogP contribution is -2.48. The van der Waals surface area contributed by atoms with Crippen LogP contribution in [-0.2, 0) is 22.7 Å². The number of hydrogen-bond acceptors (Lipinski definition) is 3. The van der Waals surface area contributed by atoms with E-state index in [9.17, 15) is 9.59 Å². The number of amides is 2. The molecular weight excluding hydrogens is 416 g/mol. The first kappa shape index (κ1) is 24.4. The van der Waals surface area contributed by atoms with Gasteiger partial charge in [0.15, 0.2) is 0 Å². The van der Waals surface area contributed by atoms with E-state index in [0.29, 0.717) is 25.6 Å². The second-order valence-electron chi connectivity index (χ2n) is 8.53. The molecule has 0 spiro atoms. The fraction of sp³-hybridized carbons (Fsp3) is 0.500. The summed E-state index contributed by atoms with van der Waals surface area (Å²) in [4.78, 5) is 31.2. The molecule has 0 aliphatic rings. The molecule has 1 aromatic heterocycles. The molecule has 2 aromatic rings. The van der Waals surface area contributed by atoms with E-state index in [0.717, 1.165) is 16.9 Å². The maximum atomic E-state index is 13.4. The molecular formula is C24H33ClN2O2S. The zero-order valence-electron chi connectivity index (χ0n) is 18.4. The molecule has 2 rings (SSSR count). The van der Waals surface area contributed by atoms with Crippen molar-refractivity contribution in [1.82, 2.24) is 9.80 Å². The highest BCUT2D eigenvalue weighted by atomic mass is 35.5. The van der Waals surface area contributed by atoms with Crippen molar-refractivity contribution in [2.45, 2.75) is 47.2 Å². The number of carbonyl (C=O) groups is 2. The zero-order valence-corrected chi connectivity index (χ0v) is 20.0. The van der Waals surface area contributed by atoms with Gasteiger partial charge in [0.25, 0.3) is 0 Å². The van der Waals surface area contributed by atoms with Gasteiger partial charge >= 0.3 is 0 Å². The van der Waals surface area contributed by atoms with Gasteiger partial charge < -0.3 is 9.80 Å². The fourth-order valence-corrected chi connectivity index (χ4v) is 3.93. The van der Waals surface area contributed by atoms with Crippen LogP contribution in [0.3, 0.4) is 0 Å². The average Bonchev–Trinajstić information content (AvgIpc) is 3.25. The largest absolute Gasteiger partial charge is 0.333 e. The predicted molar refractivity (Wildman–Crippen MR) is 126 cm³/mol. The van der Waals surface area contributed by atoms with Crippen LogP contribution in [0.2, 0.25) is 0 Å². The van der Waals surface area contributed by atoms with Gasteiger partial charge in [-0.3, -0.25) is 9.59 Å². The fourth-order valence-electron chi connectivity index (χ4n) is 3.10. The lowest BCUT2D eigenvalue weighted by Gasteiger charge is -2.33. The number of benzene rings is 1. The molecule has 0 aliphatic heterocycles. The van der Waals surface area contributed by atoms with E-state index in [4.69, 9.17) is 11.6 Å². The molecule has 0 N–H and O–H groups in total. The van der Waals surface area contributed by atoms with Crippen LogP contribution in [0.4, 0.5) is 0 Å². The quantitative estimate of drug-likeness (QED) is 0.431. The predicted octanol–water partition coefficient (Wildman–Crippen LogP) is 5.42. The molecule has 2 amide bonds. The first-order valence-electron chi connectivity index (χ1n) is 10.5. The highest BCUT2D eigenvalue weighted by Crippen LogP contribution is 2.23. The summed E-state index contributed by atoms with van der Waals surface area (Å²) >= 11 is 7.70. The van der Waals surface area contributed by atoms with Crippen LogP contribution in [-0.4, -0.2) is 40.6 Å². The third-order valence-electron chi connectivity index (χ3n) is 5.25. The third-order valence-corrected chi connectivity index (χ3v) is 6.78. The molecule has 1 aromatic carbocycles. The van der Waals surface area contributed by atoms with Crippen molar-refractivity contribution in [3.05, 3.63) is 58.3 Å². The molecule has 1 heterocycles. The molecule has 0 bridgehead atoms. The van der Waals surface area contributed by atoms with Gasteiger partial charge in [-0.25, -0.2) is 0 Å². The average molecular weight is 449 g/mol. The minimum atomic E-state index is -0.701. The number of nitrogens with zero attached hydrogens (tertiary/aromatic N) is 2. The second kappa shape index (κ2) is 11.5. The third kappa shape index (κ3) is 7.13. The first-order chi connectivity index (χ1) is 14.3.